The van der Waals surface area contributed by atoms with Crippen LogP contribution in [0.4, 0.5) is 0 Å². The molecule has 0 aliphatic carbocycles. The molecule has 12 nitrogen and oxygen atoms in total. The molecule has 0 amide bonds. The van der Waals surface area contributed by atoms with Crippen LogP contribution in [0.1, 0.15) is 31.6 Å². The Kier molecular flexibility index (Phi) is 8.10. The molecule has 0 aromatic carbocycles. The summed E-state index contributed by atoms with van der Waals surface area (Å²) in [5, 5.41) is 10.6. The number of aryl methyl sites for hydroxylation is 1. The van der Waals surface area contributed by atoms with Crippen molar-refractivity contribution >= 4 is 7.82 Å². The van der Waals surface area contributed by atoms with Gasteiger partial charge in [-0.1, -0.05) is 6.92 Å². The molecule has 164 valence electrons. The van der Waals surface area contributed by atoms with E-state index in [0.29, 0.717) is 5.56 Å². The van der Waals surface area contributed by atoms with Crippen molar-refractivity contribution in [1.82, 2.24) is 9.55 Å². The number of aromatic amines is 1. The molecule has 1 unspecified atom stereocenters. The van der Waals surface area contributed by atoms with E-state index in [2.05, 4.69) is 14.7 Å². The summed E-state index contributed by atoms with van der Waals surface area (Å²) in [6.07, 6.45) is -0.397. The fraction of sp³-hybridized carbons (Fsp3) is 0.647. The quantitative estimate of drug-likeness (QED) is 0.314. The van der Waals surface area contributed by atoms with Gasteiger partial charge in [0.25, 0.3) is 5.56 Å². The van der Waals surface area contributed by atoms with Crippen molar-refractivity contribution in [2.45, 2.75) is 44.6 Å². The van der Waals surface area contributed by atoms with E-state index in [-0.39, 0.29) is 26.0 Å². The third-order valence-corrected chi connectivity index (χ3v) is 6.03. The first kappa shape index (κ1) is 24.0. The monoisotopic (exact) mass is 442 g/mol. The molecule has 30 heavy (non-hydrogen) atoms. The van der Waals surface area contributed by atoms with E-state index < -0.39 is 50.3 Å². The van der Waals surface area contributed by atoms with Crippen molar-refractivity contribution in [3.63, 3.8) is 0 Å². The molecule has 0 radical (unpaired) electrons. The standard InChI is InChI=1S/C17H23N4O8P/c1-5-17(10-27-30(25,28-11-19-4)26-7-6-18-3)13(22)8-14(29-17)21-9-12(2)15(23)20-16(21)24/h9,13-14,22H,5-8,10-11H2,1-2H3,(H,20,23,24)/t13-,14-,17-,30?/m1/s1. The van der Waals surface area contributed by atoms with Crippen LogP contribution < -0.4 is 11.2 Å². The summed E-state index contributed by atoms with van der Waals surface area (Å²) < 4.78 is 35.0. The van der Waals surface area contributed by atoms with Crippen LogP contribution in [-0.4, -0.2) is 52.9 Å². The first-order valence-electron chi connectivity index (χ1n) is 9.08. The Bertz CT molecular complexity index is 993. The van der Waals surface area contributed by atoms with Crippen LogP contribution in [-0.2, 0) is 22.9 Å². The maximum absolute atomic E-state index is 12.7. The maximum Gasteiger partial charge on any atom is 0.480 e. The zero-order valence-corrected chi connectivity index (χ0v) is 17.5. The third-order valence-electron chi connectivity index (χ3n) is 4.66. The summed E-state index contributed by atoms with van der Waals surface area (Å²) in [5.74, 6) is 0. The number of phosphoric acid groups is 1. The van der Waals surface area contributed by atoms with Gasteiger partial charge in [0.2, 0.25) is 6.54 Å². The zero-order valence-electron chi connectivity index (χ0n) is 16.6. The number of ether oxygens (including phenoxy) is 1. The highest BCUT2D eigenvalue weighted by atomic mass is 31.2. The van der Waals surface area contributed by atoms with Gasteiger partial charge >= 0.3 is 20.2 Å². The zero-order chi connectivity index (χ0) is 22.4. The van der Waals surface area contributed by atoms with Gasteiger partial charge in [0.1, 0.15) is 18.4 Å². The molecule has 1 aromatic heterocycles. The number of aliphatic hydroxyl groups excluding tert-OH is 1. The fourth-order valence-electron chi connectivity index (χ4n) is 2.92. The van der Waals surface area contributed by atoms with Gasteiger partial charge < -0.3 is 14.7 Å². The number of aromatic nitrogens is 2. The average molecular weight is 442 g/mol. The normalized spacial score (nSPS) is 25.4. The lowest BCUT2D eigenvalue weighted by Gasteiger charge is -2.31. The molecule has 13 heteroatoms. The fourth-order valence-corrected chi connectivity index (χ4v) is 4.03. The molecular formula is C17H23N4O8P. The smallest absolute Gasteiger partial charge is 0.390 e. The minimum absolute atomic E-state index is 0.0222. The van der Waals surface area contributed by atoms with Gasteiger partial charge in [-0.25, -0.2) is 27.0 Å². The number of hydrogen-bond acceptors (Lipinski definition) is 8. The largest absolute Gasteiger partial charge is 0.480 e. The second-order valence-electron chi connectivity index (χ2n) is 6.57. The molecule has 1 aromatic rings. The van der Waals surface area contributed by atoms with E-state index in [0.717, 1.165) is 0 Å². The third kappa shape index (κ3) is 5.43. The van der Waals surface area contributed by atoms with Crippen LogP contribution >= 0.6 is 7.82 Å². The summed E-state index contributed by atoms with van der Waals surface area (Å²) in [4.78, 5) is 31.9. The van der Waals surface area contributed by atoms with Gasteiger partial charge in [-0.15, -0.1) is 0 Å². The van der Waals surface area contributed by atoms with Crippen LogP contribution in [0.2, 0.25) is 0 Å². The molecule has 0 saturated carbocycles. The summed E-state index contributed by atoms with van der Waals surface area (Å²) in [7, 11) is -4.18. The van der Waals surface area contributed by atoms with Crippen LogP contribution in [0.15, 0.2) is 15.8 Å². The molecular weight excluding hydrogens is 419 g/mol. The number of nitrogens with one attached hydrogen (secondary N) is 1. The highest BCUT2D eigenvalue weighted by Crippen LogP contribution is 2.51. The molecule has 4 atom stereocenters. The summed E-state index contributed by atoms with van der Waals surface area (Å²) in [5.41, 5.74) is -2.25. The number of nitrogens with zero attached hydrogens (tertiary/aromatic N) is 3. The van der Waals surface area contributed by atoms with E-state index in [1.165, 1.54) is 17.7 Å². The Hall–Kier alpha value is -2.31. The Morgan fingerprint density at radius 2 is 2.10 bits per heavy atom. The van der Waals surface area contributed by atoms with Gasteiger partial charge in [0.05, 0.1) is 12.7 Å². The molecule has 0 bridgehead atoms. The first-order valence-corrected chi connectivity index (χ1v) is 10.5. The van der Waals surface area contributed by atoms with E-state index in [1.807, 2.05) is 0 Å². The Balaban J connectivity index is 2.20. The topological polar surface area (TPSA) is 138 Å². The van der Waals surface area contributed by atoms with Crippen LogP contribution in [0, 0.1) is 20.1 Å². The highest BCUT2D eigenvalue weighted by molar-refractivity contribution is 7.48. The van der Waals surface area contributed by atoms with Crippen LogP contribution in [0.25, 0.3) is 9.69 Å². The highest BCUT2D eigenvalue weighted by Gasteiger charge is 2.49. The van der Waals surface area contributed by atoms with Gasteiger partial charge in [-0.3, -0.25) is 28.2 Å². The maximum atomic E-state index is 12.7. The Labute approximate surface area is 172 Å². The number of aliphatic hydroxyl groups is 1. The van der Waals surface area contributed by atoms with E-state index in [4.69, 9.17) is 31.5 Å². The van der Waals surface area contributed by atoms with Crippen molar-refractivity contribution in [3.05, 3.63) is 55.4 Å². The van der Waals surface area contributed by atoms with E-state index >= 15 is 0 Å². The SMILES string of the molecule is [C-]#[N+]CCOP(=O)(OC[N+]#[C-])OC[C@@]1(CC)O[C@@H](n2cc(C)c(=O)[nH]c2=O)C[C@H]1O. The molecule has 1 aliphatic heterocycles. The number of hydrogen-bond donors (Lipinski definition) is 2. The van der Waals surface area contributed by atoms with E-state index in [9.17, 15) is 19.3 Å². The minimum Gasteiger partial charge on any atom is -0.390 e. The van der Waals surface area contributed by atoms with Gasteiger partial charge in [-0.05, 0) is 13.3 Å². The lowest BCUT2D eigenvalue weighted by atomic mass is 9.95. The Morgan fingerprint density at radius 1 is 1.37 bits per heavy atom. The van der Waals surface area contributed by atoms with E-state index in [1.54, 1.807) is 6.92 Å². The van der Waals surface area contributed by atoms with Crippen molar-refractivity contribution in [2.75, 3.05) is 26.5 Å². The predicted octanol–water partition coefficient (Wildman–Crippen LogP) is 1.23. The van der Waals surface area contributed by atoms with Crippen molar-refractivity contribution in [1.29, 1.82) is 0 Å². The minimum atomic E-state index is -4.18. The molecule has 1 aliphatic rings. The average Bonchev–Trinajstić information content (AvgIpc) is 3.04. The van der Waals surface area contributed by atoms with Crippen molar-refractivity contribution in [3.8, 4) is 0 Å². The summed E-state index contributed by atoms with van der Waals surface area (Å²) in [6, 6.07) is 0. The Morgan fingerprint density at radius 3 is 2.73 bits per heavy atom. The molecule has 0 spiro atoms. The molecule has 2 rings (SSSR count). The number of rotatable bonds is 10. The van der Waals surface area contributed by atoms with Crippen LogP contribution in [0.3, 0.4) is 0 Å². The van der Waals surface area contributed by atoms with Crippen molar-refractivity contribution < 1.29 is 28.0 Å². The molecule has 1 saturated heterocycles. The van der Waals surface area contributed by atoms with Crippen LogP contribution in [0.5, 0.6) is 0 Å². The first-order chi connectivity index (χ1) is 14.2. The predicted molar refractivity (Wildman–Crippen MR) is 103 cm³/mol. The lowest BCUT2D eigenvalue weighted by molar-refractivity contribution is -0.129. The van der Waals surface area contributed by atoms with Gasteiger partial charge in [0.15, 0.2) is 0 Å². The number of phosphoric ester groups is 1. The second-order valence-corrected chi connectivity index (χ2v) is 8.24. The van der Waals surface area contributed by atoms with Gasteiger partial charge in [-0.2, -0.15) is 0 Å². The summed E-state index contributed by atoms with van der Waals surface area (Å²) in [6.45, 7) is 15.5. The lowest BCUT2D eigenvalue weighted by Crippen LogP contribution is -2.43. The molecule has 1 fully saturated rings. The summed E-state index contributed by atoms with van der Waals surface area (Å²) >= 11 is 0. The molecule has 2 N–H and O–H groups in total. The molecule has 2 heterocycles. The van der Waals surface area contributed by atoms with Crippen molar-refractivity contribution in [2.24, 2.45) is 0 Å². The second kappa shape index (κ2) is 10.1. The van der Waals surface area contributed by atoms with Gasteiger partial charge in [0, 0.05) is 18.2 Å². The number of H-pyrrole nitrogens is 1.